The maximum atomic E-state index is 5.87. The van der Waals surface area contributed by atoms with Crippen LogP contribution in [0.3, 0.4) is 0 Å². The number of rotatable bonds is 6. The highest BCUT2D eigenvalue weighted by atomic mass is 16.5. The smallest absolute Gasteiger partial charge is 0.161 e. The van der Waals surface area contributed by atoms with E-state index in [0.29, 0.717) is 13.2 Å². The molecule has 16 heavy (non-hydrogen) atoms. The van der Waals surface area contributed by atoms with E-state index in [4.69, 9.17) is 15.2 Å². The minimum Gasteiger partial charge on any atom is -0.490 e. The Morgan fingerprint density at radius 2 is 1.88 bits per heavy atom. The van der Waals surface area contributed by atoms with Crippen molar-refractivity contribution in [1.82, 2.24) is 0 Å². The number of ether oxygens (including phenoxy) is 2. The van der Waals surface area contributed by atoms with Crippen molar-refractivity contribution in [3.63, 3.8) is 0 Å². The molecule has 0 saturated carbocycles. The van der Waals surface area contributed by atoms with Gasteiger partial charge in [-0.15, -0.1) is 6.58 Å². The largest absolute Gasteiger partial charge is 0.490 e. The zero-order valence-corrected chi connectivity index (χ0v) is 9.90. The van der Waals surface area contributed by atoms with Crippen molar-refractivity contribution in [3.05, 3.63) is 36.4 Å². The van der Waals surface area contributed by atoms with Gasteiger partial charge in [-0.2, -0.15) is 0 Å². The Balaban J connectivity index is 3.01. The molecule has 0 aromatic heterocycles. The van der Waals surface area contributed by atoms with Gasteiger partial charge in [-0.05, 0) is 31.5 Å². The quantitative estimate of drug-likeness (QED) is 0.751. The number of hydrogen-bond donors (Lipinski definition) is 1. The van der Waals surface area contributed by atoms with Gasteiger partial charge in [0, 0.05) is 6.04 Å². The van der Waals surface area contributed by atoms with E-state index in [2.05, 4.69) is 6.58 Å². The Morgan fingerprint density at radius 1 is 1.25 bits per heavy atom. The average molecular weight is 221 g/mol. The third kappa shape index (κ3) is 3.00. The minimum absolute atomic E-state index is 0.171. The Labute approximate surface area is 96.9 Å². The monoisotopic (exact) mass is 221 g/mol. The van der Waals surface area contributed by atoms with Crippen LogP contribution in [-0.4, -0.2) is 13.2 Å². The molecule has 3 heteroatoms. The first-order valence-electron chi connectivity index (χ1n) is 5.50. The van der Waals surface area contributed by atoms with Gasteiger partial charge in [-0.1, -0.05) is 12.1 Å². The van der Waals surface area contributed by atoms with Crippen LogP contribution in [0.15, 0.2) is 30.9 Å². The fourth-order valence-corrected chi connectivity index (χ4v) is 1.41. The zero-order chi connectivity index (χ0) is 12.0. The van der Waals surface area contributed by atoms with E-state index < -0.39 is 0 Å². The van der Waals surface area contributed by atoms with Gasteiger partial charge in [0.2, 0.25) is 0 Å². The lowest BCUT2D eigenvalue weighted by Gasteiger charge is -2.14. The van der Waals surface area contributed by atoms with Crippen LogP contribution in [0.2, 0.25) is 0 Å². The molecule has 2 N–H and O–H groups in total. The summed E-state index contributed by atoms with van der Waals surface area (Å²) in [5.74, 6) is 1.49. The minimum atomic E-state index is -0.171. The fraction of sp³-hybridized carbons (Fsp3) is 0.385. The highest BCUT2D eigenvalue weighted by Crippen LogP contribution is 2.30. The van der Waals surface area contributed by atoms with E-state index in [1.165, 1.54) is 0 Å². The third-order valence-corrected chi connectivity index (χ3v) is 2.21. The van der Waals surface area contributed by atoms with Crippen molar-refractivity contribution in [2.75, 3.05) is 13.2 Å². The molecule has 1 aromatic rings. The molecule has 1 atom stereocenters. The molecule has 3 nitrogen and oxygen atoms in total. The second kappa shape index (κ2) is 6.18. The number of benzene rings is 1. The molecular weight excluding hydrogens is 202 g/mol. The van der Waals surface area contributed by atoms with Crippen LogP contribution in [0.1, 0.15) is 25.5 Å². The van der Waals surface area contributed by atoms with E-state index in [0.717, 1.165) is 17.1 Å². The van der Waals surface area contributed by atoms with Crippen LogP contribution >= 0.6 is 0 Å². The van der Waals surface area contributed by atoms with Gasteiger partial charge in [-0.25, -0.2) is 0 Å². The van der Waals surface area contributed by atoms with Gasteiger partial charge < -0.3 is 15.2 Å². The summed E-state index contributed by atoms with van der Waals surface area (Å²) in [6.07, 6.45) is 1.70. The molecule has 0 aliphatic carbocycles. The Morgan fingerprint density at radius 3 is 2.44 bits per heavy atom. The first-order valence-corrected chi connectivity index (χ1v) is 5.50. The molecule has 88 valence electrons. The van der Waals surface area contributed by atoms with Crippen molar-refractivity contribution >= 4 is 0 Å². The molecule has 0 aliphatic rings. The molecule has 0 amide bonds. The summed E-state index contributed by atoms with van der Waals surface area (Å²) in [6.45, 7) is 8.78. The summed E-state index contributed by atoms with van der Waals surface area (Å²) in [4.78, 5) is 0. The van der Waals surface area contributed by atoms with Crippen LogP contribution < -0.4 is 15.2 Å². The summed E-state index contributed by atoms with van der Waals surface area (Å²) in [5, 5.41) is 0. The van der Waals surface area contributed by atoms with Crippen molar-refractivity contribution in [3.8, 4) is 11.5 Å². The number of nitrogens with two attached hydrogens (primary N) is 1. The second-order valence-electron chi connectivity index (χ2n) is 3.33. The molecular formula is C13H19NO2. The second-order valence-corrected chi connectivity index (χ2v) is 3.33. The van der Waals surface area contributed by atoms with Crippen LogP contribution in [-0.2, 0) is 0 Å². The van der Waals surface area contributed by atoms with Gasteiger partial charge in [0.1, 0.15) is 0 Å². The Hall–Kier alpha value is -1.48. The molecule has 0 bridgehead atoms. The lowest BCUT2D eigenvalue weighted by atomic mass is 10.1. The van der Waals surface area contributed by atoms with Crippen molar-refractivity contribution in [1.29, 1.82) is 0 Å². The molecule has 1 rings (SSSR count). The van der Waals surface area contributed by atoms with E-state index in [1.54, 1.807) is 6.08 Å². The van der Waals surface area contributed by atoms with E-state index in [1.807, 2.05) is 32.0 Å². The van der Waals surface area contributed by atoms with E-state index in [9.17, 15) is 0 Å². The standard InChI is InChI=1S/C13H19NO2/c1-4-11(14)10-7-8-12(15-5-2)13(9-10)16-6-3/h4,7-9,11H,1,5-6,14H2,2-3H3. The molecule has 0 fully saturated rings. The summed E-state index contributed by atoms with van der Waals surface area (Å²) < 4.78 is 11.0. The van der Waals surface area contributed by atoms with Gasteiger partial charge in [0.25, 0.3) is 0 Å². The van der Waals surface area contributed by atoms with Crippen LogP contribution in [0.25, 0.3) is 0 Å². The highest BCUT2D eigenvalue weighted by Gasteiger charge is 2.08. The van der Waals surface area contributed by atoms with Gasteiger partial charge in [-0.3, -0.25) is 0 Å². The van der Waals surface area contributed by atoms with Crippen molar-refractivity contribution in [2.24, 2.45) is 5.73 Å². The topological polar surface area (TPSA) is 44.5 Å². The molecule has 0 heterocycles. The highest BCUT2D eigenvalue weighted by molar-refractivity contribution is 5.44. The summed E-state index contributed by atoms with van der Waals surface area (Å²) in [6, 6.07) is 5.54. The molecule has 0 spiro atoms. The van der Waals surface area contributed by atoms with Gasteiger partial charge in [0.15, 0.2) is 11.5 Å². The van der Waals surface area contributed by atoms with Gasteiger partial charge >= 0.3 is 0 Å². The number of hydrogen-bond acceptors (Lipinski definition) is 3. The summed E-state index contributed by atoms with van der Waals surface area (Å²) >= 11 is 0. The van der Waals surface area contributed by atoms with Crippen LogP contribution in [0, 0.1) is 0 Å². The lowest BCUT2D eigenvalue weighted by molar-refractivity contribution is 0.287. The predicted octanol–water partition coefficient (Wildman–Crippen LogP) is 2.67. The predicted molar refractivity (Wildman–Crippen MR) is 65.9 cm³/mol. The molecule has 1 unspecified atom stereocenters. The molecule has 1 aromatic carbocycles. The molecule has 0 radical (unpaired) electrons. The molecule has 0 aliphatic heterocycles. The third-order valence-electron chi connectivity index (χ3n) is 2.21. The maximum absolute atomic E-state index is 5.87. The fourth-order valence-electron chi connectivity index (χ4n) is 1.41. The SMILES string of the molecule is C=CC(N)c1ccc(OCC)c(OCC)c1. The summed E-state index contributed by atoms with van der Waals surface area (Å²) in [5.41, 5.74) is 6.84. The zero-order valence-electron chi connectivity index (χ0n) is 9.90. The van der Waals surface area contributed by atoms with Gasteiger partial charge in [0.05, 0.1) is 13.2 Å². The first-order chi connectivity index (χ1) is 7.72. The normalized spacial score (nSPS) is 11.9. The van der Waals surface area contributed by atoms with Crippen LogP contribution in [0.4, 0.5) is 0 Å². The molecule has 0 saturated heterocycles. The van der Waals surface area contributed by atoms with Crippen molar-refractivity contribution in [2.45, 2.75) is 19.9 Å². The summed E-state index contributed by atoms with van der Waals surface area (Å²) in [7, 11) is 0. The Bertz CT molecular complexity index is 350. The van der Waals surface area contributed by atoms with Crippen LogP contribution in [0.5, 0.6) is 11.5 Å². The van der Waals surface area contributed by atoms with Crippen molar-refractivity contribution < 1.29 is 9.47 Å². The van der Waals surface area contributed by atoms with E-state index in [-0.39, 0.29) is 6.04 Å². The lowest BCUT2D eigenvalue weighted by Crippen LogP contribution is -2.07. The van der Waals surface area contributed by atoms with E-state index >= 15 is 0 Å². The average Bonchev–Trinajstić information content (AvgIpc) is 2.31. The maximum Gasteiger partial charge on any atom is 0.161 e. The first kappa shape index (κ1) is 12.6. The Kier molecular flexibility index (Phi) is 4.86.